The van der Waals surface area contributed by atoms with E-state index in [4.69, 9.17) is 14.6 Å². The molecule has 1 fully saturated rings. The standard InChI is InChI=1S/C12H12O7/c13-5-8-9(15)10(16)11(17)12(19-8)18-7-4-2-1-3-6(7)14/h1-4,8,11-14,17H,5H2/t8-,11-,12-/m1/s1. The van der Waals surface area contributed by atoms with Gasteiger partial charge in [-0.3, -0.25) is 9.59 Å². The summed E-state index contributed by atoms with van der Waals surface area (Å²) in [6.45, 7) is -0.697. The lowest BCUT2D eigenvalue weighted by molar-refractivity contribution is -0.205. The number of carbonyl (C=O) groups is 2. The number of Topliss-reactive ketones (excluding diaryl/α,β-unsaturated/α-hetero) is 2. The third-order valence-corrected chi connectivity index (χ3v) is 2.63. The number of rotatable bonds is 3. The number of carbonyl (C=O) groups excluding carboxylic acids is 2. The van der Waals surface area contributed by atoms with Gasteiger partial charge in [0.05, 0.1) is 6.61 Å². The van der Waals surface area contributed by atoms with Gasteiger partial charge in [0.1, 0.15) is 0 Å². The molecule has 19 heavy (non-hydrogen) atoms. The minimum Gasteiger partial charge on any atom is -0.504 e. The Kier molecular flexibility index (Phi) is 3.79. The SMILES string of the molecule is O=C1C(=O)[C@@H](CO)O[C@@H](Oc2ccccc2O)[C@@H]1O. The smallest absolute Gasteiger partial charge is 0.236 e. The molecular formula is C12H12O7. The first-order chi connectivity index (χ1) is 9.04. The second kappa shape index (κ2) is 5.35. The first kappa shape index (κ1) is 13.5. The van der Waals surface area contributed by atoms with Gasteiger partial charge in [-0.2, -0.15) is 0 Å². The fourth-order valence-electron chi connectivity index (χ4n) is 1.63. The molecule has 0 radical (unpaired) electrons. The monoisotopic (exact) mass is 268 g/mol. The molecule has 0 aliphatic carbocycles. The van der Waals surface area contributed by atoms with Gasteiger partial charge in [-0.05, 0) is 12.1 Å². The Bertz CT molecular complexity index is 499. The Morgan fingerprint density at radius 3 is 2.53 bits per heavy atom. The largest absolute Gasteiger partial charge is 0.504 e. The van der Waals surface area contributed by atoms with Crippen LogP contribution in [-0.4, -0.2) is 52.0 Å². The molecule has 7 heteroatoms. The van der Waals surface area contributed by atoms with Gasteiger partial charge in [-0.1, -0.05) is 12.1 Å². The third-order valence-electron chi connectivity index (χ3n) is 2.63. The molecule has 1 aliphatic heterocycles. The Balaban J connectivity index is 2.18. The second-order valence-electron chi connectivity index (χ2n) is 3.93. The van der Waals surface area contributed by atoms with Crippen molar-refractivity contribution in [2.75, 3.05) is 6.61 Å². The zero-order chi connectivity index (χ0) is 14.0. The van der Waals surface area contributed by atoms with E-state index in [0.29, 0.717) is 0 Å². The van der Waals surface area contributed by atoms with E-state index in [2.05, 4.69) is 0 Å². The molecule has 0 saturated carbocycles. The van der Waals surface area contributed by atoms with Crippen molar-refractivity contribution >= 4 is 11.6 Å². The minimum atomic E-state index is -1.80. The second-order valence-corrected chi connectivity index (χ2v) is 3.93. The summed E-state index contributed by atoms with van der Waals surface area (Å²) in [7, 11) is 0. The van der Waals surface area contributed by atoms with E-state index in [0.717, 1.165) is 0 Å². The maximum absolute atomic E-state index is 11.4. The van der Waals surface area contributed by atoms with Crippen molar-refractivity contribution in [2.24, 2.45) is 0 Å². The molecule has 0 aromatic heterocycles. The van der Waals surface area contributed by atoms with Crippen LogP contribution in [-0.2, 0) is 14.3 Å². The Morgan fingerprint density at radius 1 is 1.21 bits per heavy atom. The summed E-state index contributed by atoms with van der Waals surface area (Å²) in [5, 5.41) is 28.0. The van der Waals surface area contributed by atoms with Crippen molar-refractivity contribution in [3.05, 3.63) is 24.3 Å². The summed E-state index contributed by atoms with van der Waals surface area (Å²) >= 11 is 0. The van der Waals surface area contributed by atoms with Gasteiger partial charge in [0.25, 0.3) is 0 Å². The number of ketones is 2. The number of hydrogen-bond acceptors (Lipinski definition) is 7. The van der Waals surface area contributed by atoms with Gasteiger partial charge in [0, 0.05) is 0 Å². The van der Waals surface area contributed by atoms with Crippen LogP contribution < -0.4 is 4.74 Å². The first-order valence-corrected chi connectivity index (χ1v) is 5.51. The Labute approximate surface area is 108 Å². The van der Waals surface area contributed by atoms with E-state index >= 15 is 0 Å². The number of phenolic OH excluding ortho intramolecular Hbond substituents is 1. The molecule has 1 saturated heterocycles. The highest BCUT2D eigenvalue weighted by molar-refractivity contribution is 6.41. The average Bonchev–Trinajstić information content (AvgIpc) is 2.41. The summed E-state index contributed by atoms with van der Waals surface area (Å²) in [5.74, 6) is -2.31. The van der Waals surface area contributed by atoms with Crippen LogP contribution in [0.4, 0.5) is 0 Å². The molecule has 2 rings (SSSR count). The van der Waals surface area contributed by atoms with Crippen molar-refractivity contribution in [3.63, 3.8) is 0 Å². The molecule has 1 heterocycles. The number of phenols is 1. The number of hydrogen-bond donors (Lipinski definition) is 3. The molecule has 3 atom stereocenters. The number of aliphatic hydroxyl groups excluding tert-OH is 2. The fourth-order valence-corrected chi connectivity index (χ4v) is 1.63. The lowest BCUT2D eigenvalue weighted by Gasteiger charge is -2.30. The molecular weight excluding hydrogens is 256 g/mol. The van der Waals surface area contributed by atoms with E-state index < -0.39 is 36.7 Å². The van der Waals surface area contributed by atoms with Crippen molar-refractivity contribution in [1.82, 2.24) is 0 Å². The van der Waals surface area contributed by atoms with Crippen LogP contribution in [0.2, 0.25) is 0 Å². The van der Waals surface area contributed by atoms with Crippen molar-refractivity contribution in [2.45, 2.75) is 18.5 Å². The third kappa shape index (κ3) is 2.58. The predicted molar refractivity (Wildman–Crippen MR) is 60.5 cm³/mol. The normalized spacial score (nSPS) is 27.4. The highest BCUT2D eigenvalue weighted by atomic mass is 16.7. The molecule has 3 N–H and O–H groups in total. The molecule has 1 aromatic carbocycles. The summed E-state index contributed by atoms with van der Waals surface area (Å²) in [4.78, 5) is 22.8. The number of aromatic hydroxyl groups is 1. The minimum absolute atomic E-state index is 0.00890. The number of benzene rings is 1. The summed E-state index contributed by atoms with van der Waals surface area (Å²) < 4.78 is 10.1. The highest BCUT2D eigenvalue weighted by Crippen LogP contribution is 2.28. The van der Waals surface area contributed by atoms with Gasteiger partial charge in [0.2, 0.25) is 17.9 Å². The Morgan fingerprint density at radius 2 is 1.89 bits per heavy atom. The molecule has 0 unspecified atom stereocenters. The van der Waals surface area contributed by atoms with Crippen LogP contribution >= 0.6 is 0 Å². The topological polar surface area (TPSA) is 113 Å². The zero-order valence-corrected chi connectivity index (χ0v) is 9.72. The van der Waals surface area contributed by atoms with Crippen molar-refractivity contribution < 1.29 is 34.4 Å². The summed E-state index contributed by atoms with van der Waals surface area (Å²) in [6, 6.07) is 5.88. The lowest BCUT2D eigenvalue weighted by Crippen LogP contribution is -2.55. The van der Waals surface area contributed by atoms with Gasteiger partial charge >= 0.3 is 0 Å². The quantitative estimate of drug-likeness (QED) is 0.602. The predicted octanol–water partition coefficient (Wildman–Crippen LogP) is -1.01. The van der Waals surface area contributed by atoms with E-state index in [-0.39, 0.29) is 11.5 Å². The number of ether oxygens (including phenoxy) is 2. The molecule has 1 aromatic rings. The first-order valence-electron chi connectivity index (χ1n) is 5.51. The van der Waals surface area contributed by atoms with E-state index in [9.17, 15) is 19.8 Å². The lowest BCUT2D eigenvalue weighted by atomic mass is 10.0. The molecule has 0 bridgehead atoms. The van der Waals surface area contributed by atoms with Gasteiger partial charge in [-0.15, -0.1) is 0 Å². The maximum Gasteiger partial charge on any atom is 0.236 e. The van der Waals surface area contributed by atoms with Gasteiger partial charge in [-0.25, -0.2) is 0 Å². The summed E-state index contributed by atoms with van der Waals surface area (Å²) in [6.07, 6.45) is -4.63. The van der Waals surface area contributed by atoms with Crippen LogP contribution in [0.5, 0.6) is 11.5 Å². The zero-order valence-electron chi connectivity index (χ0n) is 9.72. The summed E-state index contributed by atoms with van der Waals surface area (Å²) in [5.41, 5.74) is 0. The fraction of sp³-hybridized carbons (Fsp3) is 0.333. The van der Waals surface area contributed by atoms with E-state index in [1.807, 2.05) is 0 Å². The van der Waals surface area contributed by atoms with Crippen LogP contribution in [0.3, 0.4) is 0 Å². The molecule has 1 aliphatic rings. The number of aliphatic hydroxyl groups is 2. The average molecular weight is 268 g/mol. The van der Waals surface area contributed by atoms with Crippen LogP contribution in [0.1, 0.15) is 0 Å². The molecule has 102 valence electrons. The number of para-hydroxylation sites is 2. The van der Waals surface area contributed by atoms with Crippen LogP contribution in [0.25, 0.3) is 0 Å². The van der Waals surface area contributed by atoms with Gasteiger partial charge in [0.15, 0.2) is 23.7 Å². The molecule has 0 amide bonds. The van der Waals surface area contributed by atoms with Crippen LogP contribution in [0.15, 0.2) is 24.3 Å². The maximum atomic E-state index is 11.4. The highest BCUT2D eigenvalue weighted by Gasteiger charge is 2.44. The molecule has 0 spiro atoms. The molecule has 7 nitrogen and oxygen atoms in total. The van der Waals surface area contributed by atoms with Gasteiger partial charge < -0.3 is 24.8 Å². The van der Waals surface area contributed by atoms with E-state index in [1.54, 1.807) is 12.1 Å². The van der Waals surface area contributed by atoms with Crippen LogP contribution in [0, 0.1) is 0 Å². The van der Waals surface area contributed by atoms with E-state index in [1.165, 1.54) is 12.1 Å². The van der Waals surface area contributed by atoms with Crippen molar-refractivity contribution in [1.29, 1.82) is 0 Å². The van der Waals surface area contributed by atoms with Crippen molar-refractivity contribution in [3.8, 4) is 11.5 Å². The Hall–Kier alpha value is -1.96.